The van der Waals surface area contributed by atoms with E-state index in [9.17, 15) is 9.00 Å². The van der Waals surface area contributed by atoms with Gasteiger partial charge in [-0.05, 0) is 61.2 Å². The molecule has 0 radical (unpaired) electrons. The maximum Gasteiger partial charge on any atom is 0.165 e. The lowest BCUT2D eigenvalue weighted by atomic mass is 9.76. The summed E-state index contributed by atoms with van der Waals surface area (Å²) in [5, 5.41) is 0. The molecule has 1 unspecified atom stereocenters. The van der Waals surface area contributed by atoms with E-state index >= 15 is 0 Å². The van der Waals surface area contributed by atoms with E-state index in [1.54, 1.807) is 32.4 Å². The maximum absolute atomic E-state index is 12.8. The van der Waals surface area contributed by atoms with Crippen LogP contribution in [0.1, 0.15) is 42.0 Å². The van der Waals surface area contributed by atoms with Gasteiger partial charge in [-0.25, -0.2) is 4.21 Å². The second-order valence-electron chi connectivity index (χ2n) is 8.86. The Hall–Kier alpha value is -3.06. The van der Waals surface area contributed by atoms with E-state index < -0.39 is 11.0 Å². The van der Waals surface area contributed by atoms with Gasteiger partial charge in [-0.15, -0.1) is 0 Å². The normalized spacial score (nSPS) is 15.7. The van der Waals surface area contributed by atoms with Crippen molar-refractivity contribution in [2.24, 2.45) is 5.41 Å². The first-order valence-electron chi connectivity index (χ1n) is 10.5. The highest BCUT2D eigenvalue weighted by Crippen LogP contribution is 2.37. The van der Waals surface area contributed by atoms with Crippen LogP contribution in [0.2, 0.25) is 0 Å². The van der Waals surface area contributed by atoms with Gasteiger partial charge in [-0.1, -0.05) is 13.8 Å². The van der Waals surface area contributed by atoms with Crippen LogP contribution in [0.25, 0.3) is 5.69 Å². The Morgan fingerprint density at radius 1 is 0.969 bits per heavy atom. The van der Waals surface area contributed by atoms with E-state index in [2.05, 4.69) is 23.1 Å². The number of anilines is 1. The second-order valence-corrected chi connectivity index (χ2v) is 10.1. The number of aryl methyl sites for hydroxylation is 1. The van der Waals surface area contributed by atoms with Gasteiger partial charge in [0.15, 0.2) is 17.3 Å². The topological polar surface area (TPSA) is 69.6 Å². The number of hydrogen-bond donors (Lipinski definition) is 1. The van der Waals surface area contributed by atoms with Crippen molar-refractivity contribution in [3.63, 3.8) is 0 Å². The molecule has 4 rings (SSSR count). The molecule has 0 saturated heterocycles. The number of nitrogens with zero attached hydrogens (tertiary/aromatic N) is 1. The smallest absolute Gasteiger partial charge is 0.165 e. The highest BCUT2D eigenvalue weighted by molar-refractivity contribution is 7.86. The fraction of sp³-hybridized carbons (Fsp3) is 0.320. The minimum absolute atomic E-state index is 0.0511. The van der Waals surface area contributed by atoms with Crippen LogP contribution in [-0.2, 0) is 17.4 Å². The molecule has 7 heteroatoms. The molecular weight excluding hydrogens is 424 g/mol. The SMILES string of the molecule is COc1ccc(S(=O)Nc2ccc(-n3c(C)cc4c3CC(C)(C)CC4=O)cc2)cc1OC. The molecule has 1 heterocycles. The summed E-state index contributed by atoms with van der Waals surface area (Å²) in [6.07, 6.45) is 1.43. The summed E-state index contributed by atoms with van der Waals surface area (Å²) >= 11 is 0. The fourth-order valence-corrected chi connectivity index (χ4v) is 5.16. The summed E-state index contributed by atoms with van der Waals surface area (Å²) < 4.78 is 28.5. The van der Waals surface area contributed by atoms with Crippen molar-refractivity contribution >= 4 is 22.5 Å². The Morgan fingerprint density at radius 2 is 1.66 bits per heavy atom. The predicted molar refractivity (Wildman–Crippen MR) is 127 cm³/mol. The Kier molecular flexibility index (Phi) is 5.86. The molecule has 1 N–H and O–H groups in total. The Labute approximate surface area is 191 Å². The number of nitrogens with one attached hydrogen (secondary N) is 1. The van der Waals surface area contributed by atoms with Crippen LogP contribution in [0.5, 0.6) is 11.5 Å². The van der Waals surface area contributed by atoms with Gasteiger partial charge < -0.3 is 18.8 Å². The lowest BCUT2D eigenvalue weighted by molar-refractivity contribution is 0.0911. The molecule has 1 aliphatic rings. The van der Waals surface area contributed by atoms with Gasteiger partial charge in [0.1, 0.15) is 11.0 Å². The highest BCUT2D eigenvalue weighted by Gasteiger charge is 2.34. The van der Waals surface area contributed by atoms with Crippen molar-refractivity contribution in [1.82, 2.24) is 4.57 Å². The zero-order valence-electron chi connectivity index (χ0n) is 19.0. The summed E-state index contributed by atoms with van der Waals surface area (Å²) in [6.45, 7) is 6.30. The van der Waals surface area contributed by atoms with Gasteiger partial charge in [-0.2, -0.15) is 0 Å². The van der Waals surface area contributed by atoms with Gasteiger partial charge in [-0.3, -0.25) is 4.79 Å². The molecule has 0 bridgehead atoms. The average molecular weight is 453 g/mol. The molecule has 0 saturated carbocycles. The van der Waals surface area contributed by atoms with Crippen molar-refractivity contribution in [2.75, 3.05) is 18.9 Å². The molecule has 168 valence electrons. The largest absolute Gasteiger partial charge is 0.493 e. The number of carbonyl (C=O) groups is 1. The number of carbonyl (C=O) groups excluding carboxylic acids is 1. The van der Waals surface area contributed by atoms with Gasteiger partial charge >= 0.3 is 0 Å². The number of Topliss-reactive ketones (excluding diaryl/α,β-unsaturated/α-hetero) is 1. The molecule has 32 heavy (non-hydrogen) atoms. The van der Waals surface area contributed by atoms with E-state index in [0.29, 0.717) is 22.8 Å². The van der Waals surface area contributed by atoms with Gasteiger partial charge in [0, 0.05) is 40.8 Å². The third-order valence-electron chi connectivity index (χ3n) is 5.78. The van der Waals surface area contributed by atoms with Crippen LogP contribution in [-0.4, -0.2) is 28.8 Å². The van der Waals surface area contributed by atoms with Crippen molar-refractivity contribution in [3.8, 4) is 17.2 Å². The lowest BCUT2D eigenvalue weighted by Gasteiger charge is -2.30. The summed E-state index contributed by atoms with van der Waals surface area (Å²) in [6, 6.07) is 14.9. The molecule has 0 amide bonds. The molecular formula is C25H28N2O4S. The molecule has 0 fully saturated rings. The highest BCUT2D eigenvalue weighted by atomic mass is 32.2. The third-order valence-corrected chi connectivity index (χ3v) is 6.88. The predicted octanol–water partition coefficient (Wildman–Crippen LogP) is 5.09. The number of methoxy groups -OCH3 is 2. The summed E-state index contributed by atoms with van der Waals surface area (Å²) in [4.78, 5) is 13.2. The quantitative estimate of drug-likeness (QED) is 0.565. The van der Waals surface area contributed by atoms with Gasteiger partial charge in [0.2, 0.25) is 0 Å². The number of fused-ring (bicyclic) bond motifs is 1. The Morgan fingerprint density at radius 3 is 2.31 bits per heavy atom. The van der Waals surface area contributed by atoms with E-state index in [-0.39, 0.29) is 11.2 Å². The second kappa shape index (κ2) is 8.47. The minimum atomic E-state index is -1.46. The average Bonchev–Trinajstić information content (AvgIpc) is 3.08. The Bertz CT molecular complexity index is 1200. The molecule has 0 spiro atoms. The number of rotatable bonds is 6. The molecule has 1 aliphatic carbocycles. The molecule has 1 aromatic heterocycles. The van der Waals surface area contributed by atoms with Crippen LogP contribution in [0.3, 0.4) is 0 Å². The van der Waals surface area contributed by atoms with Crippen molar-refractivity contribution in [3.05, 3.63) is 65.5 Å². The monoisotopic (exact) mass is 452 g/mol. The standard InChI is InChI=1S/C25H28N2O4S/c1-16-12-20-21(14-25(2,3)15-22(20)28)27(16)18-8-6-17(7-9-18)26-32(29)19-10-11-23(30-4)24(13-19)31-5/h6-13,26H,14-15H2,1-5H3. The summed E-state index contributed by atoms with van der Waals surface area (Å²) in [7, 11) is 1.65. The van der Waals surface area contributed by atoms with Crippen molar-refractivity contribution in [2.45, 2.75) is 38.5 Å². The summed E-state index contributed by atoms with van der Waals surface area (Å²) in [5.41, 5.74) is 4.60. The number of aromatic nitrogens is 1. The molecule has 3 aromatic rings. The minimum Gasteiger partial charge on any atom is -0.493 e. The van der Waals surface area contributed by atoms with E-state index in [1.165, 1.54) is 0 Å². The molecule has 6 nitrogen and oxygen atoms in total. The summed E-state index contributed by atoms with van der Waals surface area (Å²) in [5.74, 6) is 1.33. The number of ketones is 1. The van der Waals surface area contributed by atoms with Crippen LogP contribution < -0.4 is 14.2 Å². The lowest BCUT2D eigenvalue weighted by Crippen LogP contribution is -2.27. The van der Waals surface area contributed by atoms with Crippen LogP contribution in [0.15, 0.2) is 53.4 Å². The van der Waals surface area contributed by atoms with E-state index in [1.807, 2.05) is 37.3 Å². The number of benzene rings is 2. The zero-order valence-corrected chi connectivity index (χ0v) is 19.8. The first-order chi connectivity index (χ1) is 15.2. The van der Waals surface area contributed by atoms with Crippen LogP contribution in [0.4, 0.5) is 5.69 Å². The number of ether oxygens (including phenoxy) is 2. The zero-order chi connectivity index (χ0) is 23.0. The van der Waals surface area contributed by atoms with E-state index in [4.69, 9.17) is 9.47 Å². The molecule has 0 aliphatic heterocycles. The third kappa shape index (κ3) is 4.17. The van der Waals surface area contributed by atoms with Crippen molar-refractivity contribution < 1.29 is 18.5 Å². The van der Waals surface area contributed by atoms with E-state index in [0.717, 1.165) is 34.7 Å². The van der Waals surface area contributed by atoms with Crippen LogP contribution >= 0.6 is 0 Å². The first-order valence-corrected chi connectivity index (χ1v) is 11.6. The maximum atomic E-state index is 12.8. The van der Waals surface area contributed by atoms with Crippen LogP contribution in [0, 0.1) is 12.3 Å². The van der Waals surface area contributed by atoms with Crippen molar-refractivity contribution in [1.29, 1.82) is 0 Å². The first kappa shape index (κ1) is 22.1. The fourth-order valence-electron chi connectivity index (χ4n) is 4.29. The molecule has 2 aromatic carbocycles. The number of hydrogen-bond acceptors (Lipinski definition) is 4. The van der Waals surface area contributed by atoms with Gasteiger partial charge in [0.05, 0.1) is 19.1 Å². The molecule has 1 atom stereocenters. The Balaban J connectivity index is 1.58. The van der Waals surface area contributed by atoms with Gasteiger partial charge in [0.25, 0.3) is 0 Å².